The highest BCUT2D eigenvalue weighted by atomic mass is 16.7. The van der Waals surface area contributed by atoms with Crippen molar-refractivity contribution in [1.82, 2.24) is 14.5 Å². The Labute approximate surface area is 152 Å². The number of aromatic nitrogens is 2. The molecular weight excluding hydrogens is 334 g/mol. The molecule has 0 fully saturated rings. The minimum absolute atomic E-state index is 0.0972. The highest BCUT2D eigenvalue weighted by Crippen LogP contribution is 2.32. The van der Waals surface area contributed by atoms with Gasteiger partial charge >= 0.3 is 0 Å². The Morgan fingerprint density at radius 3 is 3.08 bits per heavy atom. The van der Waals surface area contributed by atoms with Gasteiger partial charge in [-0.1, -0.05) is 6.07 Å². The van der Waals surface area contributed by atoms with Crippen LogP contribution in [0.5, 0.6) is 11.5 Å². The van der Waals surface area contributed by atoms with Crippen molar-refractivity contribution in [3.8, 4) is 11.5 Å². The van der Waals surface area contributed by atoms with Gasteiger partial charge in [0, 0.05) is 31.8 Å². The number of carbonyl (C=O) groups excluding carboxylic acids is 1. The molecule has 2 aliphatic heterocycles. The van der Waals surface area contributed by atoms with Crippen LogP contribution in [0, 0.1) is 5.92 Å². The van der Waals surface area contributed by atoms with E-state index >= 15 is 0 Å². The molecule has 0 aliphatic carbocycles. The van der Waals surface area contributed by atoms with Gasteiger partial charge in [-0.25, -0.2) is 4.98 Å². The van der Waals surface area contributed by atoms with Gasteiger partial charge in [-0.2, -0.15) is 0 Å². The number of amides is 1. The Kier molecular flexibility index (Phi) is 4.79. The van der Waals surface area contributed by atoms with Crippen LogP contribution in [0.15, 0.2) is 30.7 Å². The fraction of sp³-hybridized carbons (Fsp3) is 0.474. The van der Waals surface area contributed by atoms with E-state index in [9.17, 15) is 4.79 Å². The zero-order chi connectivity index (χ0) is 17.9. The van der Waals surface area contributed by atoms with Crippen LogP contribution in [-0.4, -0.2) is 46.9 Å². The molecule has 3 heterocycles. The standard InChI is InChI=1S/C19H23N3O4/c1-2-24-11-15-8-21(10-16-7-20-12-22(16)9-15)19(23)6-14-3-4-17-18(5-14)26-13-25-17/h3-5,7,12,15H,2,6,8-11,13H2,1H3/t15-/m1/s1. The molecular formula is C19H23N3O4. The van der Waals surface area contributed by atoms with Gasteiger partial charge in [0.15, 0.2) is 11.5 Å². The fourth-order valence-corrected chi connectivity index (χ4v) is 3.47. The van der Waals surface area contributed by atoms with E-state index in [2.05, 4.69) is 9.55 Å². The minimum Gasteiger partial charge on any atom is -0.454 e. The van der Waals surface area contributed by atoms with Crippen LogP contribution >= 0.6 is 0 Å². The highest BCUT2D eigenvalue weighted by Gasteiger charge is 2.26. The first-order valence-electron chi connectivity index (χ1n) is 8.96. The van der Waals surface area contributed by atoms with Gasteiger partial charge in [0.05, 0.1) is 31.6 Å². The predicted octanol–water partition coefficient (Wildman–Crippen LogP) is 1.85. The lowest BCUT2D eigenvalue weighted by molar-refractivity contribution is -0.131. The molecule has 0 spiro atoms. The van der Waals surface area contributed by atoms with Crippen molar-refractivity contribution >= 4 is 5.91 Å². The summed E-state index contributed by atoms with van der Waals surface area (Å²) in [5, 5.41) is 0. The average molecular weight is 357 g/mol. The zero-order valence-corrected chi connectivity index (χ0v) is 14.9. The molecule has 0 N–H and O–H groups in total. The minimum atomic E-state index is 0.0972. The van der Waals surface area contributed by atoms with Crippen molar-refractivity contribution in [1.29, 1.82) is 0 Å². The zero-order valence-electron chi connectivity index (χ0n) is 14.9. The summed E-state index contributed by atoms with van der Waals surface area (Å²) in [7, 11) is 0. The van der Waals surface area contributed by atoms with E-state index in [0.717, 1.165) is 23.6 Å². The van der Waals surface area contributed by atoms with Crippen LogP contribution in [0.2, 0.25) is 0 Å². The van der Waals surface area contributed by atoms with Gasteiger partial charge in [-0.15, -0.1) is 0 Å². The summed E-state index contributed by atoms with van der Waals surface area (Å²) < 4.78 is 18.5. The number of carbonyl (C=O) groups is 1. The fourth-order valence-electron chi connectivity index (χ4n) is 3.47. The third-order valence-corrected chi connectivity index (χ3v) is 4.79. The maximum Gasteiger partial charge on any atom is 0.231 e. The second-order valence-corrected chi connectivity index (χ2v) is 6.70. The number of hydrogen-bond acceptors (Lipinski definition) is 5. The van der Waals surface area contributed by atoms with Crippen LogP contribution in [0.4, 0.5) is 0 Å². The molecule has 7 nitrogen and oxygen atoms in total. The Morgan fingerprint density at radius 1 is 1.31 bits per heavy atom. The molecule has 138 valence electrons. The maximum absolute atomic E-state index is 13.0. The van der Waals surface area contributed by atoms with Crippen LogP contribution in [-0.2, 0) is 29.0 Å². The van der Waals surface area contributed by atoms with Gasteiger partial charge in [-0.3, -0.25) is 4.79 Å². The van der Waals surface area contributed by atoms with E-state index in [0.29, 0.717) is 38.5 Å². The molecule has 2 aromatic rings. The third kappa shape index (κ3) is 3.53. The van der Waals surface area contributed by atoms with Crippen LogP contribution in [0.1, 0.15) is 18.2 Å². The SMILES string of the molecule is CCOC[C@@H]1CN(C(=O)Cc2ccc3c(c2)OCO3)Cc2cncn2C1. The number of nitrogens with zero attached hydrogens (tertiary/aromatic N) is 3. The molecule has 1 aromatic heterocycles. The number of ether oxygens (including phenoxy) is 3. The lowest BCUT2D eigenvalue weighted by Gasteiger charge is -2.24. The molecule has 26 heavy (non-hydrogen) atoms. The molecule has 7 heteroatoms. The molecule has 1 atom stereocenters. The van der Waals surface area contributed by atoms with Crippen molar-refractivity contribution in [2.75, 3.05) is 26.6 Å². The summed E-state index contributed by atoms with van der Waals surface area (Å²) in [4.78, 5) is 19.1. The van der Waals surface area contributed by atoms with Crippen molar-refractivity contribution in [3.63, 3.8) is 0 Å². The lowest BCUT2D eigenvalue weighted by atomic mass is 10.1. The van der Waals surface area contributed by atoms with Crippen LogP contribution in [0.25, 0.3) is 0 Å². The van der Waals surface area contributed by atoms with E-state index < -0.39 is 0 Å². The molecule has 0 saturated heterocycles. The Hall–Kier alpha value is -2.54. The van der Waals surface area contributed by atoms with Crippen molar-refractivity contribution in [2.24, 2.45) is 5.92 Å². The smallest absolute Gasteiger partial charge is 0.231 e. The normalized spacial score (nSPS) is 18.5. The first kappa shape index (κ1) is 16.9. The molecule has 2 aliphatic rings. The van der Waals surface area contributed by atoms with E-state index in [1.165, 1.54) is 0 Å². The quantitative estimate of drug-likeness (QED) is 0.817. The number of hydrogen-bond donors (Lipinski definition) is 0. The number of imidazole rings is 1. The van der Waals surface area contributed by atoms with E-state index in [4.69, 9.17) is 14.2 Å². The third-order valence-electron chi connectivity index (χ3n) is 4.79. The lowest BCUT2D eigenvalue weighted by Crippen LogP contribution is -2.36. The molecule has 1 aromatic carbocycles. The summed E-state index contributed by atoms with van der Waals surface area (Å²) in [5.74, 6) is 1.79. The van der Waals surface area contributed by atoms with Gasteiger partial charge in [0.2, 0.25) is 12.7 Å². The van der Waals surface area contributed by atoms with E-state index in [1.807, 2.05) is 42.5 Å². The maximum atomic E-state index is 13.0. The van der Waals surface area contributed by atoms with E-state index in [1.54, 1.807) is 0 Å². The molecule has 0 saturated carbocycles. The monoisotopic (exact) mass is 357 g/mol. The highest BCUT2D eigenvalue weighted by molar-refractivity contribution is 5.79. The average Bonchev–Trinajstić information content (AvgIpc) is 3.24. The second kappa shape index (κ2) is 7.37. The summed E-state index contributed by atoms with van der Waals surface area (Å²) >= 11 is 0. The summed E-state index contributed by atoms with van der Waals surface area (Å²) in [6, 6.07) is 5.67. The second-order valence-electron chi connectivity index (χ2n) is 6.70. The summed E-state index contributed by atoms with van der Waals surface area (Å²) in [6.07, 6.45) is 4.01. The van der Waals surface area contributed by atoms with Gasteiger partial charge in [0.1, 0.15) is 0 Å². The molecule has 0 radical (unpaired) electrons. The number of fused-ring (bicyclic) bond motifs is 2. The van der Waals surface area contributed by atoms with Crippen molar-refractivity contribution in [3.05, 3.63) is 42.0 Å². The van der Waals surface area contributed by atoms with Gasteiger partial charge in [0.25, 0.3) is 0 Å². The predicted molar refractivity (Wildman–Crippen MR) is 93.9 cm³/mol. The van der Waals surface area contributed by atoms with Crippen molar-refractivity contribution < 1.29 is 19.0 Å². The largest absolute Gasteiger partial charge is 0.454 e. The van der Waals surface area contributed by atoms with Gasteiger partial charge in [-0.05, 0) is 24.6 Å². The Balaban J connectivity index is 1.48. The first-order chi connectivity index (χ1) is 12.7. The summed E-state index contributed by atoms with van der Waals surface area (Å²) in [6.45, 7) is 5.63. The molecule has 1 amide bonds. The molecule has 4 rings (SSSR count). The topological polar surface area (TPSA) is 65.8 Å². The van der Waals surface area contributed by atoms with Crippen LogP contribution < -0.4 is 9.47 Å². The molecule has 0 bridgehead atoms. The van der Waals surface area contributed by atoms with Crippen molar-refractivity contribution in [2.45, 2.75) is 26.4 Å². The molecule has 0 unspecified atom stereocenters. The van der Waals surface area contributed by atoms with Gasteiger partial charge < -0.3 is 23.7 Å². The Bertz CT molecular complexity index is 789. The van der Waals surface area contributed by atoms with E-state index in [-0.39, 0.29) is 18.6 Å². The number of rotatable bonds is 5. The summed E-state index contributed by atoms with van der Waals surface area (Å²) in [5.41, 5.74) is 1.99. The Morgan fingerprint density at radius 2 is 2.19 bits per heavy atom. The van der Waals surface area contributed by atoms with Crippen LogP contribution in [0.3, 0.4) is 0 Å². The number of benzene rings is 1. The first-order valence-corrected chi connectivity index (χ1v) is 8.96.